The number of aromatic nitrogens is 1. The zero-order valence-corrected chi connectivity index (χ0v) is 16.1. The Morgan fingerprint density at radius 3 is 2.77 bits per heavy atom. The van der Waals surface area contributed by atoms with Crippen molar-refractivity contribution in [3.8, 4) is 0 Å². The molecule has 0 aromatic carbocycles. The summed E-state index contributed by atoms with van der Waals surface area (Å²) >= 11 is 0. The zero-order chi connectivity index (χ0) is 19.2. The predicted molar refractivity (Wildman–Crippen MR) is 105 cm³/mol. The minimum absolute atomic E-state index is 0.0102. The van der Waals surface area contributed by atoms with Crippen LogP contribution in [0.15, 0.2) is 48.2 Å². The van der Waals surface area contributed by atoms with E-state index in [9.17, 15) is 4.79 Å². The molecule has 0 aliphatic heterocycles. The van der Waals surface area contributed by atoms with Gasteiger partial charge in [0, 0.05) is 25.2 Å². The second-order valence-electron chi connectivity index (χ2n) is 7.61. The fraction of sp³-hybridized carbons (Fsp3) is 0.500. The highest BCUT2D eigenvalue weighted by atomic mass is 16.6. The van der Waals surface area contributed by atoms with Gasteiger partial charge < -0.3 is 21.1 Å². The van der Waals surface area contributed by atoms with Gasteiger partial charge in [-0.1, -0.05) is 24.3 Å². The molecule has 1 aromatic heterocycles. The molecule has 0 amide bonds. The highest BCUT2D eigenvalue weighted by Crippen LogP contribution is 2.24. The lowest BCUT2D eigenvalue weighted by Gasteiger charge is -2.36. The van der Waals surface area contributed by atoms with Gasteiger partial charge in [-0.05, 0) is 51.9 Å². The van der Waals surface area contributed by atoms with Crippen LogP contribution in [0.5, 0.6) is 0 Å². The van der Waals surface area contributed by atoms with Crippen LogP contribution >= 0.6 is 0 Å². The van der Waals surface area contributed by atoms with Crippen molar-refractivity contribution in [1.29, 1.82) is 0 Å². The number of nitrogens with zero attached hydrogens (tertiary/aromatic N) is 1. The van der Waals surface area contributed by atoms with Gasteiger partial charge in [-0.2, -0.15) is 0 Å². The Morgan fingerprint density at radius 2 is 2.15 bits per heavy atom. The first-order valence-corrected chi connectivity index (χ1v) is 8.95. The molecule has 1 heterocycles. The molecule has 1 aliphatic rings. The number of rotatable bonds is 7. The normalized spacial score (nSPS) is 22.7. The Labute approximate surface area is 155 Å². The van der Waals surface area contributed by atoms with Crippen LogP contribution < -0.4 is 16.4 Å². The molecule has 6 nitrogen and oxygen atoms in total. The summed E-state index contributed by atoms with van der Waals surface area (Å²) in [4.78, 5) is 16.2. The number of nitrogens with one attached hydrogen (secondary N) is 2. The number of anilines is 1. The number of hydrogen-bond acceptors (Lipinski definition) is 6. The summed E-state index contributed by atoms with van der Waals surface area (Å²) in [6.07, 6.45) is 8.78. The monoisotopic (exact) mass is 358 g/mol. The summed E-state index contributed by atoms with van der Waals surface area (Å²) in [5.74, 6) is 0.585. The molecule has 0 spiro atoms. The molecule has 0 fully saturated rings. The van der Waals surface area contributed by atoms with Gasteiger partial charge in [-0.3, -0.25) is 4.79 Å². The predicted octanol–water partition coefficient (Wildman–Crippen LogP) is 2.40. The number of allylic oxidation sites excluding steroid dienone is 2. The summed E-state index contributed by atoms with van der Waals surface area (Å²) < 4.78 is 5.37. The third kappa shape index (κ3) is 5.97. The van der Waals surface area contributed by atoms with Crippen molar-refractivity contribution in [2.24, 2.45) is 5.73 Å². The van der Waals surface area contributed by atoms with Gasteiger partial charge in [-0.15, -0.1) is 0 Å². The average molecular weight is 358 g/mol. The molecular formula is C20H30N4O2. The smallest absolute Gasteiger partial charge is 0.306 e. The molecule has 0 saturated heterocycles. The summed E-state index contributed by atoms with van der Waals surface area (Å²) in [6.45, 7) is 6.14. The second-order valence-corrected chi connectivity index (χ2v) is 7.61. The highest BCUT2D eigenvalue weighted by molar-refractivity contribution is 5.70. The van der Waals surface area contributed by atoms with Gasteiger partial charge in [0.2, 0.25) is 0 Å². The first-order valence-electron chi connectivity index (χ1n) is 8.95. The van der Waals surface area contributed by atoms with Crippen LogP contribution in [0.3, 0.4) is 0 Å². The third-order valence-electron chi connectivity index (χ3n) is 4.13. The first-order chi connectivity index (χ1) is 12.2. The topological polar surface area (TPSA) is 89.3 Å². The van der Waals surface area contributed by atoms with E-state index in [1.807, 2.05) is 64.2 Å². The van der Waals surface area contributed by atoms with E-state index < -0.39 is 11.1 Å². The first kappa shape index (κ1) is 20.1. The minimum Gasteiger partial charge on any atom is -0.460 e. The lowest BCUT2D eigenvalue weighted by molar-refractivity contribution is -0.154. The Bertz CT molecular complexity index is 664. The molecule has 1 aliphatic carbocycles. The number of carbonyl (C=O) groups is 1. The molecule has 142 valence electrons. The van der Waals surface area contributed by atoms with Crippen LogP contribution in [0.2, 0.25) is 0 Å². The molecule has 0 saturated carbocycles. The maximum atomic E-state index is 12.0. The Kier molecular flexibility index (Phi) is 6.56. The lowest BCUT2D eigenvalue weighted by atomic mass is 9.83. The summed E-state index contributed by atoms with van der Waals surface area (Å²) in [6, 6.07) is 5.70. The number of likely N-dealkylation sites (N-methyl/N-ethyl adjacent to an activating group) is 1. The van der Waals surface area contributed by atoms with Crippen LogP contribution in [0, 0.1) is 0 Å². The zero-order valence-electron chi connectivity index (χ0n) is 16.1. The molecule has 2 rings (SSSR count). The number of esters is 1. The third-order valence-corrected chi connectivity index (χ3v) is 4.13. The van der Waals surface area contributed by atoms with Crippen LogP contribution in [0.4, 0.5) is 5.82 Å². The number of pyridine rings is 1. The molecule has 2 atom stereocenters. The van der Waals surface area contributed by atoms with Gasteiger partial charge in [0.15, 0.2) is 0 Å². The SMILES string of the molecule is CNC1C=CC(CCC(=O)OC(C)(C)C)=CC1(N)CNc1ccccn1. The average Bonchev–Trinajstić information content (AvgIpc) is 2.58. The van der Waals surface area contributed by atoms with E-state index in [-0.39, 0.29) is 12.0 Å². The van der Waals surface area contributed by atoms with E-state index in [0.29, 0.717) is 19.4 Å². The minimum atomic E-state index is -0.621. The maximum absolute atomic E-state index is 12.0. The maximum Gasteiger partial charge on any atom is 0.306 e. The molecule has 6 heteroatoms. The lowest BCUT2D eigenvalue weighted by Crippen LogP contribution is -2.59. The Hall–Kier alpha value is -2.18. The van der Waals surface area contributed by atoms with E-state index in [0.717, 1.165) is 11.4 Å². The van der Waals surface area contributed by atoms with Crippen LogP contribution in [-0.2, 0) is 9.53 Å². The van der Waals surface area contributed by atoms with Gasteiger partial charge in [0.05, 0.1) is 5.54 Å². The fourth-order valence-electron chi connectivity index (χ4n) is 2.91. The molecule has 0 bridgehead atoms. The molecule has 0 radical (unpaired) electrons. The number of nitrogens with two attached hydrogens (primary N) is 1. The molecule has 26 heavy (non-hydrogen) atoms. The van der Waals surface area contributed by atoms with Gasteiger partial charge in [-0.25, -0.2) is 4.98 Å². The summed E-state index contributed by atoms with van der Waals surface area (Å²) in [5, 5.41) is 6.53. The second kappa shape index (κ2) is 8.47. The number of carbonyl (C=O) groups excluding carboxylic acids is 1. The molecule has 4 N–H and O–H groups in total. The van der Waals surface area contributed by atoms with Crippen LogP contribution in [0.25, 0.3) is 0 Å². The van der Waals surface area contributed by atoms with E-state index >= 15 is 0 Å². The summed E-state index contributed by atoms with van der Waals surface area (Å²) in [7, 11) is 1.89. The van der Waals surface area contributed by atoms with Gasteiger partial charge in [0.1, 0.15) is 11.4 Å². The summed E-state index contributed by atoms with van der Waals surface area (Å²) in [5.41, 5.74) is 6.61. The largest absolute Gasteiger partial charge is 0.460 e. The van der Waals surface area contributed by atoms with Crippen molar-refractivity contribution in [2.75, 3.05) is 18.9 Å². The van der Waals surface area contributed by atoms with Crippen molar-refractivity contribution >= 4 is 11.8 Å². The van der Waals surface area contributed by atoms with Crippen molar-refractivity contribution in [1.82, 2.24) is 10.3 Å². The van der Waals surface area contributed by atoms with Gasteiger partial charge >= 0.3 is 5.97 Å². The van der Waals surface area contributed by atoms with Crippen molar-refractivity contribution in [3.05, 3.63) is 48.2 Å². The van der Waals surface area contributed by atoms with E-state index in [1.165, 1.54) is 0 Å². The highest BCUT2D eigenvalue weighted by Gasteiger charge is 2.33. The van der Waals surface area contributed by atoms with Crippen LogP contribution in [-0.4, -0.2) is 41.7 Å². The van der Waals surface area contributed by atoms with Crippen molar-refractivity contribution in [2.45, 2.75) is 50.8 Å². The molecule has 2 unspecified atom stereocenters. The van der Waals surface area contributed by atoms with Crippen molar-refractivity contribution in [3.63, 3.8) is 0 Å². The van der Waals surface area contributed by atoms with E-state index in [2.05, 4.69) is 15.6 Å². The van der Waals surface area contributed by atoms with E-state index in [4.69, 9.17) is 10.5 Å². The van der Waals surface area contributed by atoms with Crippen LogP contribution in [0.1, 0.15) is 33.6 Å². The Morgan fingerprint density at radius 1 is 1.38 bits per heavy atom. The molecule has 1 aromatic rings. The number of ether oxygens (including phenoxy) is 1. The quantitative estimate of drug-likeness (QED) is 0.649. The number of hydrogen-bond donors (Lipinski definition) is 3. The van der Waals surface area contributed by atoms with Gasteiger partial charge in [0.25, 0.3) is 0 Å². The molecular weight excluding hydrogens is 328 g/mol. The van der Waals surface area contributed by atoms with Crippen molar-refractivity contribution < 1.29 is 9.53 Å². The van der Waals surface area contributed by atoms with E-state index in [1.54, 1.807) is 6.20 Å². The standard InChI is InChI=1S/C20H30N4O2/c1-19(2,3)26-18(25)11-9-15-8-10-16(22-4)20(21,13-15)14-24-17-7-5-6-12-23-17/h5-8,10,12-13,16,22H,9,11,14,21H2,1-4H3,(H,23,24). The fourth-order valence-corrected chi connectivity index (χ4v) is 2.91. The Balaban J connectivity index is 2.01.